The van der Waals surface area contributed by atoms with Gasteiger partial charge in [-0.2, -0.15) is 0 Å². The molecular formula is C15H21Cl2Zr. The maximum atomic E-state index is 2.33. The fraction of sp³-hybridized carbons (Fsp3) is 0.467. The van der Waals surface area contributed by atoms with E-state index in [4.69, 9.17) is 0 Å². The standard InChI is InChI=1S/C15H19.2ClH.Zr/c1-5-7-13-11(3)12(4)14-9-6-8-10(2)15(13)14;;;/h6,8-9H,5,7H2,1-4H3;2*1H;. The molecule has 0 radical (unpaired) electrons. The van der Waals surface area contributed by atoms with Crippen LogP contribution in [-0.2, 0) is 27.8 Å². The first-order valence-electron chi connectivity index (χ1n) is 6.05. The molecular weight excluding hydrogens is 342 g/mol. The maximum Gasteiger partial charge on any atom is -0.147 e. The van der Waals surface area contributed by atoms with E-state index in [0.717, 1.165) is 0 Å². The monoisotopic (exact) mass is 361 g/mol. The Bertz CT molecular complexity index is 466. The van der Waals surface area contributed by atoms with Crippen LogP contribution in [0.4, 0.5) is 0 Å². The second-order valence-corrected chi connectivity index (χ2v) is 7.00. The zero-order valence-corrected chi connectivity index (χ0v) is 15.6. The molecule has 0 heterocycles. The van der Waals surface area contributed by atoms with Gasteiger partial charge in [0.25, 0.3) is 0 Å². The fourth-order valence-electron chi connectivity index (χ4n) is 2.94. The molecule has 0 saturated heterocycles. The molecule has 2 rings (SSSR count). The van der Waals surface area contributed by atoms with Crippen molar-refractivity contribution in [2.45, 2.75) is 43.7 Å². The van der Waals surface area contributed by atoms with Crippen molar-refractivity contribution in [3.63, 3.8) is 0 Å². The maximum absolute atomic E-state index is 2.33. The van der Waals surface area contributed by atoms with Crippen LogP contribution in [0.1, 0.15) is 50.3 Å². The minimum Gasteiger partial charge on any atom is -0.147 e. The molecule has 0 aliphatic heterocycles. The molecule has 0 spiro atoms. The van der Waals surface area contributed by atoms with Gasteiger partial charge in [0.2, 0.25) is 0 Å². The Labute approximate surface area is 138 Å². The van der Waals surface area contributed by atoms with Gasteiger partial charge in [0.05, 0.1) is 0 Å². The van der Waals surface area contributed by atoms with Gasteiger partial charge < -0.3 is 0 Å². The molecule has 1 atom stereocenters. The zero-order valence-electron chi connectivity index (χ0n) is 11.5. The third-order valence-corrected chi connectivity index (χ3v) is 6.08. The van der Waals surface area contributed by atoms with Crippen molar-refractivity contribution in [1.82, 2.24) is 0 Å². The van der Waals surface area contributed by atoms with Gasteiger partial charge in [-0.25, -0.2) is 0 Å². The summed E-state index contributed by atoms with van der Waals surface area (Å²) < 4.78 is 0.367. The largest absolute Gasteiger partial charge is 0.147 e. The minimum atomic E-state index is 0. The van der Waals surface area contributed by atoms with Crippen LogP contribution in [0.5, 0.6) is 0 Å². The molecule has 1 unspecified atom stereocenters. The molecule has 0 fully saturated rings. The number of benzene rings is 1. The Hall–Kier alpha value is 0.423. The summed E-state index contributed by atoms with van der Waals surface area (Å²) in [6.45, 7) is 9.18. The predicted octanol–water partition coefficient (Wildman–Crippen LogP) is 5.19. The number of fused-ring (bicyclic) bond motifs is 1. The van der Waals surface area contributed by atoms with Crippen LogP contribution in [0.15, 0.2) is 23.8 Å². The Morgan fingerprint density at radius 2 is 1.72 bits per heavy atom. The summed E-state index contributed by atoms with van der Waals surface area (Å²) in [5.74, 6) is 0. The number of halogens is 2. The first-order valence-corrected chi connectivity index (χ1v) is 7.28. The molecule has 1 aromatic rings. The van der Waals surface area contributed by atoms with Crippen molar-refractivity contribution in [2.75, 3.05) is 0 Å². The predicted molar refractivity (Wildman–Crippen MR) is 80.5 cm³/mol. The van der Waals surface area contributed by atoms with Crippen molar-refractivity contribution in [3.05, 3.63) is 40.5 Å². The van der Waals surface area contributed by atoms with Crippen LogP contribution in [-0.4, -0.2) is 0 Å². The van der Waals surface area contributed by atoms with E-state index < -0.39 is 0 Å². The third-order valence-electron chi connectivity index (χ3n) is 3.93. The van der Waals surface area contributed by atoms with Crippen LogP contribution in [0.25, 0.3) is 5.57 Å². The number of hydrogen-bond donors (Lipinski definition) is 0. The quantitative estimate of drug-likeness (QED) is 0.678. The number of allylic oxidation sites excluding steroid dienone is 2. The Morgan fingerprint density at radius 3 is 2.28 bits per heavy atom. The van der Waals surface area contributed by atoms with E-state index in [1.54, 1.807) is 35.9 Å². The van der Waals surface area contributed by atoms with E-state index >= 15 is 0 Å². The van der Waals surface area contributed by atoms with E-state index in [1.807, 2.05) is 0 Å². The fourth-order valence-corrected chi connectivity index (χ4v) is 4.83. The molecule has 18 heavy (non-hydrogen) atoms. The van der Waals surface area contributed by atoms with Gasteiger partial charge in [-0.3, -0.25) is 0 Å². The summed E-state index contributed by atoms with van der Waals surface area (Å²) in [4.78, 5) is 0. The topological polar surface area (TPSA) is 0 Å². The van der Waals surface area contributed by atoms with Crippen LogP contribution < -0.4 is 0 Å². The summed E-state index contributed by atoms with van der Waals surface area (Å²) >= 11 is 1.65. The second-order valence-electron chi connectivity index (χ2n) is 4.90. The number of hydrogen-bond acceptors (Lipinski definition) is 0. The van der Waals surface area contributed by atoms with Gasteiger partial charge >= 0.3 is 114 Å². The molecule has 1 aliphatic carbocycles. The Kier molecular flexibility index (Phi) is 6.89. The average molecular weight is 363 g/mol. The van der Waals surface area contributed by atoms with Crippen LogP contribution in [0, 0.1) is 6.92 Å². The van der Waals surface area contributed by atoms with Crippen LogP contribution in [0.3, 0.4) is 0 Å². The van der Waals surface area contributed by atoms with E-state index in [1.165, 1.54) is 29.5 Å². The van der Waals surface area contributed by atoms with E-state index in [2.05, 4.69) is 45.9 Å². The van der Waals surface area contributed by atoms with Gasteiger partial charge in [-0.15, -0.1) is 24.8 Å². The number of rotatable bonds is 2. The smallest absolute Gasteiger partial charge is 0.147 e. The second kappa shape index (κ2) is 6.73. The molecule has 3 heteroatoms. The molecule has 0 N–H and O–H groups in total. The molecule has 0 nitrogen and oxygen atoms in total. The van der Waals surface area contributed by atoms with E-state index in [9.17, 15) is 0 Å². The summed E-state index contributed by atoms with van der Waals surface area (Å²) in [5.41, 5.74) is 7.72. The molecule has 0 saturated carbocycles. The SMILES string of the molecule is CCC[C]1([Zr])C(C)=C(C)c2cccc(C)c21.Cl.Cl. The Balaban J connectivity index is 0.00000144. The van der Waals surface area contributed by atoms with Gasteiger partial charge in [0.15, 0.2) is 0 Å². The normalized spacial score (nSPS) is 21.1. The molecule has 1 aromatic carbocycles. The first-order chi connectivity index (χ1) is 7.52. The average Bonchev–Trinajstić information content (AvgIpc) is 2.43. The van der Waals surface area contributed by atoms with E-state index in [-0.39, 0.29) is 24.8 Å². The summed E-state index contributed by atoms with van der Waals surface area (Å²) in [5, 5.41) is 0. The van der Waals surface area contributed by atoms with Gasteiger partial charge in [-0.05, 0) is 0 Å². The van der Waals surface area contributed by atoms with Gasteiger partial charge in [0.1, 0.15) is 0 Å². The first kappa shape index (κ1) is 18.4. The van der Waals surface area contributed by atoms with Gasteiger partial charge in [-0.1, -0.05) is 0 Å². The Morgan fingerprint density at radius 1 is 1.11 bits per heavy atom. The van der Waals surface area contributed by atoms with Crippen molar-refractivity contribution in [2.24, 2.45) is 0 Å². The van der Waals surface area contributed by atoms with E-state index in [0.29, 0.717) is 3.12 Å². The third kappa shape index (κ3) is 2.65. The summed E-state index contributed by atoms with van der Waals surface area (Å²) in [6.07, 6.45) is 2.57. The molecule has 99 valence electrons. The molecule has 1 aliphatic rings. The van der Waals surface area contributed by atoms with Crippen molar-refractivity contribution in [3.8, 4) is 0 Å². The van der Waals surface area contributed by atoms with Crippen LogP contribution >= 0.6 is 24.8 Å². The molecule has 0 amide bonds. The zero-order chi connectivity index (χ0) is 11.9. The van der Waals surface area contributed by atoms with Gasteiger partial charge in [0, 0.05) is 0 Å². The molecule has 0 aromatic heterocycles. The van der Waals surface area contributed by atoms with Crippen molar-refractivity contribution < 1.29 is 24.7 Å². The van der Waals surface area contributed by atoms with Crippen molar-refractivity contribution in [1.29, 1.82) is 0 Å². The number of aryl methyl sites for hydroxylation is 1. The summed E-state index contributed by atoms with van der Waals surface area (Å²) in [7, 11) is 0. The molecule has 0 bridgehead atoms. The van der Waals surface area contributed by atoms with Crippen molar-refractivity contribution >= 4 is 30.4 Å². The van der Waals surface area contributed by atoms with Crippen LogP contribution in [0.2, 0.25) is 0 Å². The minimum absolute atomic E-state index is 0. The summed E-state index contributed by atoms with van der Waals surface area (Å²) in [6, 6.07) is 6.75.